The highest BCUT2D eigenvalue weighted by molar-refractivity contribution is 7.15. The largest absolute Gasteiger partial charge is 0.324 e. The van der Waals surface area contributed by atoms with Crippen molar-refractivity contribution in [2.75, 3.05) is 0 Å². The molecule has 16 heavy (non-hydrogen) atoms. The third-order valence-corrected chi connectivity index (χ3v) is 4.05. The van der Waals surface area contributed by atoms with Gasteiger partial charge in [-0.15, -0.1) is 11.3 Å². The highest BCUT2D eigenvalue weighted by Crippen LogP contribution is 2.33. The Hall–Kier alpha value is -1.12. The molecule has 1 aromatic carbocycles. The van der Waals surface area contributed by atoms with Gasteiger partial charge in [0, 0.05) is 15.8 Å². The predicted octanol–water partition coefficient (Wildman–Crippen LogP) is 4.05. The minimum atomic E-state index is 0.129. The van der Waals surface area contributed by atoms with Crippen molar-refractivity contribution in [3.8, 4) is 10.4 Å². The van der Waals surface area contributed by atoms with Crippen LogP contribution in [0, 0.1) is 13.8 Å². The van der Waals surface area contributed by atoms with Crippen molar-refractivity contribution in [3.05, 3.63) is 46.3 Å². The molecule has 0 saturated heterocycles. The molecule has 0 saturated carbocycles. The van der Waals surface area contributed by atoms with Crippen LogP contribution in [0.25, 0.3) is 10.4 Å². The average Bonchev–Trinajstić information content (AvgIpc) is 2.70. The number of benzene rings is 1. The van der Waals surface area contributed by atoms with E-state index in [1.165, 1.54) is 26.4 Å². The van der Waals surface area contributed by atoms with Gasteiger partial charge in [-0.2, -0.15) is 0 Å². The molecule has 84 valence electrons. The highest BCUT2D eigenvalue weighted by atomic mass is 32.1. The molecule has 2 heteroatoms. The van der Waals surface area contributed by atoms with Crippen LogP contribution >= 0.6 is 11.3 Å². The maximum Gasteiger partial charge on any atom is 0.0361 e. The normalized spacial score (nSPS) is 12.8. The SMILES string of the molecule is Cc1ccc(C)c(-c2ccc(C(C)N)s2)c1. The summed E-state index contributed by atoms with van der Waals surface area (Å²) in [5, 5.41) is 0. The summed E-state index contributed by atoms with van der Waals surface area (Å²) in [4.78, 5) is 2.56. The Morgan fingerprint density at radius 1 is 1.12 bits per heavy atom. The van der Waals surface area contributed by atoms with Gasteiger partial charge in [0.15, 0.2) is 0 Å². The Labute approximate surface area is 101 Å². The molecule has 0 spiro atoms. The fourth-order valence-corrected chi connectivity index (χ4v) is 2.79. The lowest BCUT2D eigenvalue weighted by Crippen LogP contribution is -2.01. The van der Waals surface area contributed by atoms with E-state index in [-0.39, 0.29) is 6.04 Å². The lowest BCUT2D eigenvalue weighted by Gasteiger charge is -2.04. The molecule has 0 aliphatic carbocycles. The van der Waals surface area contributed by atoms with Crippen LogP contribution in [0.1, 0.15) is 29.0 Å². The van der Waals surface area contributed by atoms with Crippen LogP contribution in [-0.2, 0) is 0 Å². The molecule has 2 aromatic rings. The molecule has 1 heterocycles. The van der Waals surface area contributed by atoms with Gasteiger partial charge in [-0.05, 0) is 44.0 Å². The number of thiophene rings is 1. The summed E-state index contributed by atoms with van der Waals surface area (Å²) in [5.74, 6) is 0. The predicted molar refractivity (Wildman–Crippen MR) is 71.8 cm³/mol. The van der Waals surface area contributed by atoms with Crippen LogP contribution in [-0.4, -0.2) is 0 Å². The summed E-state index contributed by atoms with van der Waals surface area (Å²) in [7, 11) is 0. The van der Waals surface area contributed by atoms with Crippen LogP contribution in [0.15, 0.2) is 30.3 Å². The van der Waals surface area contributed by atoms with E-state index < -0.39 is 0 Å². The van der Waals surface area contributed by atoms with Crippen molar-refractivity contribution in [1.82, 2.24) is 0 Å². The van der Waals surface area contributed by atoms with E-state index in [1.807, 2.05) is 6.92 Å². The smallest absolute Gasteiger partial charge is 0.0361 e. The minimum Gasteiger partial charge on any atom is -0.324 e. The third kappa shape index (κ3) is 2.18. The molecule has 1 nitrogen and oxygen atoms in total. The summed E-state index contributed by atoms with van der Waals surface area (Å²) < 4.78 is 0. The Kier molecular flexibility index (Phi) is 3.13. The quantitative estimate of drug-likeness (QED) is 0.829. The Balaban J connectivity index is 2.46. The molecular formula is C14H17NS. The first-order valence-electron chi connectivity index (χ1n) is 5.51. The van der Waals surface area contributed by atoms with E-state index in [4.69, 9.17) is 5.73 Å². The monoisotopic (exact) mass is 231 g/mol. The minimum absolute atomic E-state index is 0.129. The van der Waals surface area contributed by atoms with Gasteiger partial charge in [0.25, 0.3) is 0 Å². The Morgan fingerprint density at radius 3 is 2.50 bits per heavy atom. The summed E-state index contributed by atoms with van der Waals surface area (Å²) in [6.45, 7) is 6.31. The van der Waals surface area contributed by atoms with Gasteiger partial charge in [-0.25, -0.2) is 0 Å². The maximum absolute atomic E-state index is 5.88. The molecular weight excluding hydrogens is 214 g/mol. The van der Waals surface area contributed by atoms with Crippen LogP contribution in [0.4, 0.5) is 0 Å². The molecule has 2 rings (SSSR count). The molecule has 0 bridgehead atoms. The second-order valence-electron chi connectivity index (χ2n) is 4.31. The van der Waals surface area contributed by atoms with Gasteiger partial charge in [0.2, 0.25) is 0 Å². The standard InChI is InChI=1S/C14H17NS/c1-9-4-5-10(2)12(8-9)14-7-6-13(16-14)11(3)15/h4-8,11H,15H2,1-3H3. The van der Waals surface area contributed by atoms with Crippen LogP contribution < -0.4 is 5.73 Å². The fraction of sp³-hybridized carbons (Fsp3) is 0.286. The van der Waals surface area contributed by atoms with E-state index in [1.54, 1.807) is 11.3 Å². The number of rotatable bonds is 2. The Morgan fingerprint density at radius 2 is 1.88 bits per heavy atom. The summed E-state index contributed by atoms with van der Waals surface area (Å²) in [6.07, 6.45) is 0. The zero-order chi connectivity index (χ0) is 11.7. The molecule has 0 fully saturated rings. The van der Waals surface area contributed by atoms with Gasteiger partial charge >= 0.3 is 0 Å². The van der Waals surface area contributed by atoms with Gasteiger partial charge in [0.05, 0.1) is 0 Å². The topological polar surface area (TPSA) is 26.0 Å². The molecule has 0 radical (unpaired) electrons. The zero-order valence-electron chi connectivity index (χ0n) is 9.95. The van der Waals surface area contributed by atoms with Crippen molar-refractivity contribution in [2.24, 2.45) is 5.73 Å². The maximum atomic E-state index is 5.88. The summed E-state index contributed by atoms with van der Waals surface area (Å²) in [5.41, 5.74) is 9.84. The molecule has 2 N–H and O–H groups in total. The molecule has 0 amide bonds. The zero-order valence-corrected chi connectivity index (χ0v) is 10.8. The molecule has 0 aliphatic rings. The average molecular weight is 231 g/mol. The lowest BCUT2D eigenvalue weighted by atomic mass is 10.0. The van der Waals surface area contributed by atoms with Gasteiger partial charge in [0.1, 0.15) is 0 Å². The summed E-state index contributed by atoms with van der Waals surface area (Å²) in [6, 6.07) is 11.0. The van der Waals surface area contributed by atoms with E-state index in [0.717, 1.165) is 0 Å². The third-order valence-electron chi connectivity index (χ3n) is 2.73. The number of hydrogen-bond donors (Lipinski definition) is 1. The fourth-order valence-electron chi connectivity index (χ4n) is 1.74. The van der Waals surface area contributed by atoms with Gasteiger partial charge < -0.3 is 5.73 Å². The first-order chi connectivity index (χ1) is 7.58. The van der Waals surface area contributed by atoms with E-state index in [9.17, 15) is 0 Å². The van der Waals surface area contributed by atoms with Crippen molar-refractivity contribution < 1.29 is 0 Å². The molecule has 0 aliphatic heterocycles. The first kappa shape index (κ1) is 11.4. The van der Waals surface area contributed by atoms with Gasteiger partial charge in [-0.3, -0.25) is 0 Å². The van der Waals surface area contributed by atoms with E-state index in [2.05, 4.69) is 44.2 Å². The van der Waals surface area contributed by atoms with Crippen molar-refractivity contribution in [2.45, 2.75) is 26.8 Å². The van der Waals surface area contributed by atoms with Crippen molar-refractivity contribution in [3.63, 3.8) is 0 Å². The van der Waals surface area contributed by atoms with Crippen LogP contribution in [0.5, 0.6) is 0 Å². The van der Waals surface area contributed by atoms with E-state index in [0.29, 0.717) is 0 Å². The van der Waals surface area contributed by atoms with Crippen molar-refractivity contribution >= 4 is 11.3 Å². The van der Waals surface area contributed by atoms with E-state index >= 15 is 0 Å². The second kappa shape index (κ2) is 4.40. The van der Waals surface area contributed by atoms with Crippen molar-refractivity contribution in [1.29, 1.82) is 0 Å². The lowest BCUT2D eigenvalue weighted by molar-refractivity contribution is 0.838. The number of hydrogen-bond acceptors (Lipinski definition) is 2. The van der Waals surface area contributed by atoms with Gasteiger partial charge in [-0.1, -0.05) is 23.8 Å². The second-order valence-corrected chi connectivity index (χ2v) is 5.42. The van der Waals surface area contributed by atoms with Crippen LogP contribution in [0.2, 0.25) is 0 Å². The highest BCUT2D eigenvalue weighted by Gasteiger charge is 2.08. The molecule has 1 unspecified atom stereocenters. The summed E-state index contributed by atoms with van der Waals surface area (Å²) >= 11 is 1.79. The van der Waals surface area contributed by atoms with Crippen LogP contribution in [0.3, 0.4) is 0 Å². The number of aryl methyl sites for hydroxylation is 2. The first-order valence-corrected chi connectivity index (χ1v) is 6.32. The Bertz CT molecular complexity index is 497. The molecule has 1 aromatic heterocycles. The molecule has 1 atom stereocenters. The number of nitrogens with two attached hydrogens (primary N) is 1.